The van der Waals surface area contributed by atoms with Gasteiger partial charge in [0.1, 0.15) is 17.0 Å². The van der Waals surface area contributed by atoms with Gasteiger partial charge in [-0.25, -0.2) is 9.97 Å². The second-order valence-corrected chi connectivity index (χ2v) is 6.33. The molecule has 5 heteroatoms. The van der Waals surface area contributed by atoms with Crippen LogP contribution in [0.25, 0.3) is 10.2 Å². The van der Waals surface area contributed by atoms with Gasteiger partial charge in [0.05, 0.1) is 5.39 Å². The van der Waals surface area contributed by atoms with E-state index in [1.807, 2.05) is 0 Å². The molecule has 1 fully saturated rings. The first-order chi connectivity index (χ1) is 9.33. The summed E-state index contributed by atoms with van der Waals surface area (Å²) in [6.07, 6.45) is 5.36. The summed E-state index contributed by atoms with van der Waals surface area (Å²) in [6, 6.07) is 2.14. The maximum Gasteiger partial charge on any atom is 0.138 e. The van der Waals surface area contributed by atoms with Crippen molar-refractivity contribution in [2.75, 3.05) is 25.1 Å². The molecule has 0 radical (unpaired) electrons. The Morgan fingerprint density at radius 3 is 3.16 bits per heavy atom. The van der Waals surface area contributed by atoms with E-state index in [4.69, 9.17) is 4.74 Å². The summed E-state index contributed by atoms with van der Waals surface area (Å²) in [5, 5.41) is 4.51. The van der Waals surface area contributed by atoms with Gasteiger partial charge in [0.25, 0.3) is 0 Å². The van der Waals surface area contributed by atoms with Crippen LogP contribution < -0.4 is 5.32 Å². The van der Waals surface area contributed by atoms with Crippen LogP contribution in [0.2, 0.25) is 0 Å². The number of ether oxygens (including phenoxy) is 1. The van der Waals surface area contributed by atoms with Crippen molar-refractivity contribution in [2.45, 2.75) is 26.2 Å². The van der Waals surface area contributed by atoms with Gasteiger partial charge in [-0.05, 0) is 38.2 Å². The second-order valence-electron chi connectivity index (χ2n) is 5.10. The van der Waals surface area contributed by atoms with Gasteiger partial charge in [0, 0.05) is 24.6 Å². The molecule has 1 N–H and O–H groups in total. The third-order valence-electron chi connectivity index (χ3n) is 3.26. The third-order valence-corrected chi connectivity index (χ3v) is 4.22. The van der Waals surface area contributed by atoms with Crippen molar-refractivity contribution in [3.63, 3.8) is 0 Å². The molecule has 3 rings (SSSR count). The van der Waals surface area contributed by atoms with Gasteiger partial charge in [-0.2, -0.15) is 0 Å². The van der Waals surface area contributed by atoms with Crippen molar-refractivity contribution in [3.05, 3.63) is 17.3 Å². The number of nitrogens with zero attached hydrogens (tertiary/aromatic N) is 2. The van der Waals surface area contributed by atoms with Gasteiger partial charge < -0.3 is 10.1 Å². The summed E-state index contributed by atoms with van der Waals surface area (Å²) in [6.45, 7) is 4.77. The summed E-state index contributed by atoms with van der Waals surface area (Å²) in [4.78, 5) is 10.9. The standard InChI is InChI=1S/C14H19N3OS/c1-10-7-12-13(16-9-17-14(12)19-10)15-5-2-6-18-8-11-3-4-11/h7,9,11H,2-6,8H2,1H3,(H,15,16,17). The second kappa shape index (κ2) is 5.84. The Balaban J connectivity index is 1.47. The van der Waals surface area contributed by atoms with Crippen LogP contribution in [0, 0.1) is 12.8 Å². The minimum Gasteiger partial charge on any atom is -0.381 e. The van der Waals surface area contributed by atoms with Crippen LogP contribution in [0.15, 0.2) is 12.4 Å². The highest BCUT2D eigenvalue weighted by Gasteiger charge is 2.20. The molecule has 19 heavy (non-hydrogen) atoms. The van der Waals surface area contributed by atoms with Gasteiger partial charge in [-0.3, -0.25) is 0 Å². The molecule has 2 heterocycles. The summed E-state index contributed by atoms with van der Waals surface area (Å²) in [5.41, 5.74) is 0. The largest absolute Gasteiger partial charge is 0.381 e. The summed E-state index contributed by atoms with van der Waals surface area (Å²) in [7, 11) is 0. The van der Waals surface area contributed by atoms with Crippen LogP contribution in [0.1, 0.15) is 24.1 Å². The summed E-state index contributed by atoms with van der Waals surface area (Å²) in [5.74, 6) is 1.79. The van der Waals surface area contributed by atoms with Crippen molar-refractivity contribution in [1.82, 2.24) is 9.97 Å². The first-order valence-electron chi connectivity index (χ1n) is 6.85. The zero-order valence-electron chi connectivity index (χ0n) is 11.2. The molecule has 4 nitrogen and oxygen atoms in total. The number of rotatable bonds is 7. The molecule has 0 amide bonds. The van der Waals surface area contributed by atoms with Gasteiger partial charge in [0.2, 0.25) is 0 Å². The van der Waals surface area contributed by atoms with Gasteiger partial charge in [-0.1, -0.05) is 0 Å². The van der Waals surface area contributed by atoms with E-state index in [9.17, 15) is 0 Å². The van der Waals surface area contributed by atoms with Crippen LogP contribution in [0.3, 0.4) is 0 Å². The number of aryl methyl sites for hydroxylation is 1. The molecule has 0 bridgehead atoms. The smallest absolute Gasteiger partial charge is 0.138 e. The van der Waals surface area contributed by atoms with E-state index in [1.54, 1.807) is 17.7 Å². The Hall–Kier alpha value is -1.20. The highest BCUT2D eigenvalue weighted by Crippen LogP contribution is 2.29. The highest BCUT2D eigenvalue weighted by atomic mass is 32.1. The first kappa shape index (κ1) is 12.8. The molecule has 1 aliphatic rings. The predicted octanol–water partition coefficient (Wildman–Crippen LogP) is 3.23. The maximum absolute atomic E-state index is 5.62. The third kappa shape index (κ3) is 3.42. The average Bonchev–Trinajstić information content (AvgIpc) is 3.13. The molecule has 1 aliphatic carbocycles. The van der Waals surface area contributed by atoms with Gasteiger partial charge in [-0.15, -0.1) is 11.3 Å². The van der Waals surface area contributed by atoms with E-state index in [0.29, 0.717) is 0 Å². The average molecular weight is 277 g/mol. The van der Waals surface area contributed by atoms with Crippen molar-refractivity contribution in [3.8, 4) is 0 Å². The Morgan fingerprint density at radius 1 is 1.42 bits per heavy atom. The van der Waals surface area contributed by atoms with Gasteiger partial charge in [0.15, 0.2) is 0 Å². The number of thiophene rings is 1. The molecule has 0 spiro atoms. The molecular weight excluding hydrogens is 258 g/mol. The molecular formula is C14H19N3OS. The lowest BCUT2D eigenvalue weighted by Crippen LogP contribution is -2.08. The van der Waals surface area contributed by atoms with Crippen molar-refractivity contribution >= 4 is 27.4 Å². The topological polar surface area (TPSA) is 47.0 Å². The van der Waals surface area contributed by atoms with Crippen LogP contribution >= 0.6 is 11.3 Å². The number of hydrogen-bond donors (Lipinski definition) is 1. The maximum atomic E-state index is 5.62. The van der Waals surface area contributed by atoms with Crippen LogP contribution in [-0.2, 0) is 4.74 Å². The van der Waals surface area contributed by atoms with E-state index < -0.39 is 0 Å². The molecule has 1 saturated carbocycles. The zero-order valence-corrected chi connectivity index (χ0v) is 12.0. The Bertz CT molecular complexity index is 551. The van der Waals surface area contributed by atoms with E-state index >= 15 is 0 Å². The van der Waals surface area contributed by atoms with Crippen molar-refractivity contribution < 1.29 is 4.74 Å². The molecule has 0 saturated heterocycles. The fraction of sp³-hybridized carbons (Fsp3) is 0.571. The molecule has 0 aliphatic heterocycles. The molecule has 2 aromatic rings. The molecule has 102 valence electrons. The Morgan fingerprint density at radius 2 is 2.32 bits per heavy atom. The van der Waals surface area contributed by atoms with Gasteiger partial charge >= 0.3 is 0 Å². The van der Waals surface area contributed by atoms with E-state index in [1.165, 1.54) is 17.7 Å². The minimum atomic E-state index is 0.834. The van der Waals surface area contributed by atoms with Crippen LogP contribution in [0.5, 0.6) is 0 Å². The molecule has 0 atom stereocenters. The number of nitrogens with one attached hydrogen (secondary N) is 1. The van der Waals surface area contributed by atoms with E-state index in [0.717, 1.165) is 48.1 Å². The molecule has 0 aromatic carbocycles. The number of fused-ring (bicyclic) bond motifs is 1. The molecule has 2 aromatic heterocycles. The van der Waals surface area contributed by atoms with Crippen molar-refractivity contribution in [1.29, 1.82) is 0 Å². The summed E-state index contributed by atoms with van der Waals surface area (Å²) < 4.78 is 5.62. The summed E-state index contributed by atoms with van der Waals surface area (Å²) >= 11 is 1.71. The van der Waals surface area contributed by atoms with Crippen LogP contribution in [-0.4, -0.2) is 29.7 Å². The lowest BCUT2D eigenvalue weighted by atomic mass is 10.3. The first-order valence-corrected chi connectivity index (χ1v) is 7.67. The van der Waals surface area contributed by atoms with E-state index in [2.05, 4.69) is 28.3 Å². The highest BCUT2D eigenvalue weighted by molar-refractivity contribution is 7.18. The number of hydrogen-bond acceptors (Lipinski definition) is 5. The number of anilines is 1. The van der Waals surface area contributed by atoms with Crippen molar-refractivity contribution in [2.24, 2.45) is 5.92 Å². The van der Waals surface area contributed by atoms with Crippen LogP contribution in [0.4, 0.5) is 5.82 Å². The SMILES string of the molecule is Cc1cc2c(NCCCOCC3CC3)ncnc2s1. The predicted molar refractivity (Wildman–Crippen MR) is 78.8 cm³/mol. The van der Waals surface area contributed by atoms with E-state index in [-0.39, 0.29) is 0 Å². The zero-order chi connectivity index (χ0) is 13.1. The fourth-order valence-electron chi connectivity index (χ4n) is 2.03. The number of aromatic nitrogens is 2. The molecule has 0 unspecified atom stereocenters. The lowest BCUT2D eigenvalue weighted by Gasteiger charge is -2.06. The fourth-order valence-corrected chi connectivity index (χ4v) is 2.88. The lowest BCUT2D eigenvalue weighted by molar-refractivity contribution is 0.124. The quantitative estimate of drug-likeness (QED) is 0.789. The Kier molecular flexibility index (Phi) is 3.94. The minimum absolute atomic E-state index is 0.834. The normalized spacial score (nSPS) is 15.0. The monoisotopic (exact) mass is 277 g/mol. The Labute approximate surface area is 117 Å².